The molecular formula is C21H19Cl2FN2O2. The highest BCUT2D eigenvalue weighted by Gasteiger charge is 2.35. The van der Waals surface area contributed by atoms with Crippen molar-refractivity contribution in [3.8, 4) is 0 Å². The van der Waals surface area contributed by atoms with Gasteiger partial charge in [-0.3, -0.25) is 4.79 Å². The van der Waals surface area contributed by atoms with Crippen molar-refractivity contribution < 1.29 is 13.9 Å². The summed E-state index contributed by atoms with van der Waals surface area (Å²) < 4.78 is 18.9. The Kier molecular flexibility index (Phi) is 5.32. The average molecular weight is 421 g/mol. The third-order valence-electron chi connectivity index (χ3n) is 5.42. The van der Waals surface area contributed by atoms with Crippen LogP contribution in [0.5, 0.6) is 0 Å². The molecule has 1 aliphatic rings. The van der Waals surface area contributed by atoms with E-state index in [1.54, 1.807) is 30.3 Å². The molecular weight excluding hydrogens is 402 g/mol. The summed E-state index contributed by atoms with van der Waals surface area (Å²) in [5.74, 6) is -0.566. The summed E-state index contributed by atoms with van der Waals surface area (Å²) in [6, 6.07) is 11.7. The molecule has 0 unspecified atom stereocenters. The van der Waals surface area contributed by atoms with Crippen LogP contribution in [0.15, 0.2) is 42.5 Å². The van der Waals surface area contributed by atoms with Crippen LogP contribution < -0.4 is 5.32 Å². The number of hydrogen-bond acceptors (Lipinski definition) is 2. The summed E-state index contributed by atoms with van der Waals surface area (Å²) in [5.41, 5.74) is 1.75. The van der Waals surface area contributed by atoms with Gasteiger partial charge in [0.2, 0.25) is 0 Å². The molecule has 2 heterocycles. The first kappa shape index (κ1) is 19.2. The Morgan fingerprint density at radius 3 is 2.57 bits per heavy atom. The highest BCUT2D eigenvalue weighted by Crippen LogP contribution is 2.35. The van der Waals surface area contributed by atoms with Gasteiger partial charge in [-0.1, -0.05) is 35.3 Å². The van der Waals surface area contributed by atoms with E-state index in [2.05, 4.69) is 10.3 Å². The molecule has 1 aromatic heterocycles. The Morgan fingerprint density at radius 1 is 1.14 bits per heavy atom. The number of carbonyl (C=O) groups excluding carboxylic acids is 1. The lowest BCUT2D eigenvalue weighted by atomic mass is 9.74. The van der Waals surface area contributed by atoms with E-state index in [0.29, 0.717) is 40.9 Å². The van der Waals surface area contributed by atoms with Crippen molar-refractivity contribution in [1.82, 2.24) is 10.3 Å². The van der Waals surface area contributed by atoms with E-state index in [4.69, 9.17) is 27.9 Å². The summed E-state index contributed by atoms with van der Waals surface area (Å²) in [7, 11) is 0. The summed E-state index contributed by atoms with van der Waals surface area (Å²) in [6.07, 6.45) is 1.49. The second-order valence-corrected chi connectivity index (χ2v) is 7.90. The van der Waals surface area contributed by atoms with Gasteiger partial charge in [0.05, 0.1) is 5.02 Å². The molecule has 0 saturated carbocycles. The molecule has 1 aliphatic heterocycles. The lowest BCUT2D eigenvalue weighted by Gasteiger charge is -2.38. The van der Waals surface area contributed by atoms with Crippen molar-refractivity contribution in [2.45, 2.75) is 18.3 Å². The minimum atomic E-state index is -0.302. The molecule has 7 heteroatoms. The standard InChI is InChI=1S/C21H19Cl2FN2O2/c22-14-3-6-17-16(11-14)18(23)19(26-17)20(27)25-12-21(7-9-28-10-8-21)13-1-4-15(24)5-2-13/h1-6,11,26H,7-10,12H2,(H,25,27). The van der Waals surface area contributed by atoms with Crippen LogP contribution in [0, 0.1) is 5.82 Å². The summed E-state index contributed by atoms with van der Waals surface area (Å²) in [5, 5.41) is 4.61. The minimum Gasteiger partial charge on any atom is -0.381 e. The van der Waals surface area contributed by atoms with Crippen molar-refractivity contribution in [3.63, 3.8) is 0 Å². The molecule has 2 aromatic carbocycles. The first-order chi connectivity index (χ1) is 13.5. The van der Waals surface area contributed by atoms with Crippen molar-refractivity contribution in [1.29, 1.82) is 0 Å². The van der Waals surface area contributed by atoms with Crippen LogP contribution in [0.2, 0.25) is 10.0 Å². The number of halogens is 3. The average Bonchev–Trinajstić information content (AvgIpc) is 3.03. The number of amides is 1. The second-order valence-electron chi connectivity index (χ2n) is 7.09. The first-order valence-corrected chi connectivity index (χ1v) is 9.83. The van der Waals surface area contributed by atoms with E-state index in [0.717, 1.165) is 23.9 Å². The number of benzene rings is 2. The zero-order valence-corrected chi connectivity index (χ0v) is 16.5. The fraction of sp³-hybridized carbons (Fsp3) is 0.286. The molecule has 0 aliphatic carbocycles. The molecule has 3 aromatic rings. The predicted molar refractivity (Wildman–Crippen MR) is 109 cm³/mol. The molecule has 2 N–H and O–H groups in total. The van der Waals surface area contributed by atoms with Crippen molar-refractivity contribution in [2.75, 3.05) is 19.8 Å². The maximum Gasteiger partial charge on any atom is 0.269 e. The third-order valence-corrected chi connectivity index (χ3v) is 6.05. The fourth-order valence-electron chi connectivity index (χ4n) is 3.76. The smallest absolute Gasteiger partial charge is 0.269 e. The van der Waals surface area contributed by atoms with E-state index in [1.165, 1.54) is 12.1 Å². The number of fused-ring (bicyclic) bond motifs is 1. The topological polar surface area (TPSA) is 54.1 Å². The lowest BCUT2D eigenvalue weighted by Crippen LogP contribution is -2.44. The first-order valence-electron chi connectivity index (χ1n) is 9.07. The normalized spacial score (nSPS) is 16.2. The van der Waals surface area contributed by atoms with Crippen molar-refractivity contribution >= 4 is 40.0 Å². The Bertz CT molecular complexity index is 1010. The van der Waals surface area contributed by atoms with Crippen LogP contribution in [-0.4, -0.2) is 30.6 Å². The maximum atomic E-state index is 13.4. The van der Waals surface area contributed by atoms with Gasteiger partial charge >= 0.3 is 0 Å². The van der Waals surface area contributed by atoms with E-state index in [-0.39, 0.29) is 17.1 Å². The molecule has 146 valence electrons. The number of nitrogens with one attached hydrogen (secondary N) is 2. The SMILES string of the molecule is O=C(NCC1(c2ccc(F)cc2)CCOCC1)c1[nH]c2ccc(Cl)cc2c1Cl. The van der Waals surface area contributed by atoms with Gasteiger partial charge in [-0.05, 0) is 48.7 Å². The lowest BCUT2D eigenvalue weighted by molar-refractivity contribution is 0.0486. The summed E-state index contributed by atoms with van der Waals surface area (Å²) in [6.45, 7) is 1.60. The molecule has 1 fully saturated rings. The Balaban J connectivity index is 1.58. The van der Waals surface area contributed by atoms with E-state index >= 15 is 0 Å². The molecule has 0 spiro atoms. The van der Waals surface area contributed by atoms with Gasteiger partial charge in [-0.25, -0.2) is 4.39 Å². The van der Waals surface area contributed by atoms with Crippen LogP contribution >= 0.6 is 23.2 Å². The van der Waals surface area contributed by atoms with Crippen LogP contribution in [0.1, 0.15) is 28.9 Å². The van der Waals surface area contributed by atoms with Gasteiger partial charge in [0, 0.05) is 41.1 Å². The van der Waals surface area contributed by atoms with E-state index in [1.807, 2.05) is 0 Å². The second kappa shape index (κ2) is 7.74. The van der Waals surface area contributed by atoms with Gasteiger partial charge in [-0.15, -0.1) is 0 Å². The number of H-pyrrole nitrogens is 1. The molecule has 4 nitrogen and oxygen atoms in total. The van der Waals surface area contributed by atoms with Crippen LogP contribution in [0.25, 0.3) is 10.9 Å². The number of ether oxygens (including phenoxy) is 1. The molecule has 1 saturated heterocycles. The Morgan fingerprint density at radius 2 is 1.86 bits per heavy atom. The monoisotopic (exact) mass is 420 g/mol. The van der Waals surface area contributed by atoms with Crippen molar-refractivity contribution in [2.24, 2.45) is 0 Å². The van der Waals surface area contributed by atoms with Crippen LogP contribution in [-0.2, 0) is 10.2 Å². The number of aromatic nitrogens is 1. The molecule has 0 atom stereocenters. The number of aromatic amines is 1. The molecule has 28 heavy (non-hydrogen) atoms. The van der Waals surface area contributed by atoms with Crippen molar-refractivity contribution in [3.05, 3.63) is 69.6 Å². The third kappa shape index (κ3) is 3.62. The van der Waals surface area contributed by atoms with Gasteiger partial charge in [-0.2, -0.15) is 0 Å². The van der Waals surface area contributed by atoms with E-state index in [9.17, 15) is 9.18 Å². The maximum absolute atomic E-state index is 13.4. The van der Waals surface area contributed by atoms with Gasteiger partial charge in [0.25, 0.3) is 5.91 Å². The molecule has 1 amide bonds. The van der Waals surface area contributed by atoms with Gasteiger partial charge in [0.15, 0.2) is 0 Å². The fourth-order valence-corrected chi connectivity index (χ4v) is 4.22. The predicted octanol–water partition coefficient (Wildman–Crippen LogP) is 5.09. The number of hydrogen-bond donors (Lipinski definition) is 2. The Labute approximate surface area is 172 Å². The largest absolute Gasteiger partial charge is 0.381 e. The molecule has 0 bridgehead atoms. The van der Waals surface area contributed by atoms with E-state index < -0.39 is 0 Å². The van der Waals surface area contributed by atoms with Gasteiger partial charge < -0.3 is 15.0 Å². The minimum absolute atomic E-state index is 0.279. The highest BCUT2D eigenvalue weighted by atomic mass is 35.5. The quantitative estimate of drug-likeness (QED) is 0.617. The number of rotatable bonds is 4. The summed E-state index contributed by atoms with van der Waals surface area (Å²) in [4.78, 5) is 15.9. The number of carbonyl (C=O) groups is 1. The summed E-state index contributed by atoms with van der Waals surface area (Å²) >= 11 is 12.4. The zero-order chi connectivity index (χ0) is 19.7. The van der Waals surface area contributed by atoms with Crippen LogP contribution in [0.4, 0.5) is 4.39 Å². The van der Waals surface area contributed by atoms with Crippen LogP contribution in [0.3, 0.4) is 0 Å². The molecule has 0 radical (unpaired) electrons. The molecule has 4 rings (SSSR count). The van der Waals surface area contributed by atoms with Gasteiger partial charge in [0.1, 0.15) is 11.5 Å². The zero-order valence-electron chi connectivity index (χ0n) is 15.0. The highest BCUT2D eigenvalue weighted by molar-refractivity contribution is 6.39. The Hall–Kier alpha value is -2.08.